The first kappa shape index (κ1) is 15.3. The Morgan fingerprint density at radius 3 is 2.43 bits per heavy atom. The van der Waals surface area contributed by atoms with Crippen LogP contribution in [0.5, 0.6) is 0 Å². The van der Waals surface area contributed by atoms with Crippen molar-refractivity contribution in [2.45, 2.75) is 32.9 Å². The molecule has 2 aromatic rings. The van der Waals surface area contributed by atoms with Gasteiger partial charge in [-0.15, -0.1) is 0 Å². The molecule has 2 rings (SSSR count). The Hall–Kier alpha value is -2.14. The molecule has 0 saturated carbocycles. The summed E-state index contributed by atoms with van der Waals surface area (Å²) in [5.74, 6) is -0.0714. The largest absolute Gasteiger partial charge is 0.392 e. The zero-order valence-corrected chi connectivity index (χ0v) is 12.6. The number of carbonyl (C=O) groups is 1. The van der Waals surface area contributed by atoms with Crippen LogP contribution in [0.3, 0.4) is 0 Å². The molecule has 1 heterocycles. The molecule has 0 aliphatic heterocycles. The van der Waals surface area contributed by atoms with Crippen molar-refractivity contribution in [3.05, 3.63) is 48.3 Å². The second kappa shape index (κ2) is 6.54. The average Bonchev–Trinajstić information content (AvgIpc) is 2.98. The summed E-state index contributed by atoms with van der Waals surface area (Å²) in [6.45, 7) is 5.90. The third-order valence-corrected chi connectivity index (χ3v) is 3.23. The van der Waals surface area contributed by atoms with Gasteiger partial charge in [-0.25, -0.2) is 4.68 Å². The zero-order chi connectivity index (χ0) is 15.4. The minimum atomic E-state index is -0.542. The lowest BCUT2D eigenvalue weighted by Crippen LogP contribution is -2.41. The summed E-state index contributed by atoms with van der Waals surface area (Å²) in [6, 6.07) is 9.19. The van der Waals surface area contributed by atoms with Gasteiger partial charge in [0, 0.05) is 30.5 Å². The summed E-state index contributed by atoms with van der Waals surface area (Å²) in [4.78, 5) is 14.2. The van der Waals surface area contributed by atoms with Crippen LogP contribution >= 0.6 is 0 Å². The van der Waals surface area contributed by atoms with E-state index < -0.39 is 6.10 Å². The molecule has 1 unspecified atom stereocenters. The first-order valence-electron chi connectivity index (χ1n) is 7.08. The van der Waals surface area contributed by atoms with E-state index >= 15 is 0 Å². The number of benzene rings is 1. The van der Waals surface area contributed by atoms with Crippen LogP contribution in [0.25, 0.3) is 5.69 Å². The van der Waals surface area contributed by atoms with Gasteiger partial charge in [-0.3, -0.25) is 4.79 Å². The van der Waals surface area contributed by atoms with Crippen LogP contribution in [-0.4, -0.2) is 44.4 Å². The fraction of sp³-hybridized carbons (Fsp3) is 0.375. The highest BCUT2D eigenvalue weighted by atomic mass is 16.3. The average molecular weight is 287 g/mol. The maximum absolute atomic E-state index is 12.5. The van der Waals surface area contributed by atoms with Gasteiger partial charge < -0.3 is 10.0 Å². The molecule has 112 valence electrons. The Bertz CT molecular complexity index is 574. The molecule has 1 amide bonds. The quantitative estimate of drug-likeness (QED) is 0.916. The highest BCUT2D eigenvalue weighted by Crippen LogP contribution is 2.13. The van der Waals surface area contributed by atoms with Gasteiger partial charge in [-0.05, 0) is 51.1 Å². The number of aliphatic hydroxyl groups is 1. The van der Waals surface area contributed by atoms with Gasteiger partial charge in [-0.2, -0.15) is 5.10 Å². The molecular weight excluding hydrogens is 266 g/mol. The highest BCUT2D eigenvalue weighted by Gasteiger charge is 2.20. The van der Waals surface area contributed by atoms with Gasteiger partial charge in [0.05, 0.1) is 11.8 Å². The molecule has 0 aliphatic rings. The summed E-state index contributed by atoms with van der Waals surface area (Å²) in [5, 5.41) is 13.7. The van der Waals surface area contributed by atoms with E-state index in [1.807, 2.05) is 38.2 Å². The number of rotatable bonds is 5. The van der Waals surface area contributed by atoms with E-state index in [2.05, 4.69) is 5.10 Å². The van der Waals surface area contributed by atoms with Gasteiger partial charge in [0.25, 0.3) is 5.91 Å². The van der Waals surface area contributed by atoms with Gasteiger partial charge in [0.15, 0.2) is 0 Å². The fourth-order valence-corrected chi connectivity index (χ4v) is 2.16. The summed E-state index contributed by atoms with van der Waals surface area (Å²) in [5.41, 5.74) is 1.52. The van der Waals surface area contributed by atoms with E-state index in [0.29, 0.717) is 12.1 Å². The molecule has 0 saturated heterocycles. The van der Waals surface area contributed by atoms with Gasteiger partial charge in [0.2, 0.25) is 0 Å². The van der Waals surface area contributed by atoms with Crippen LogP contribution in [0.1, 0.15) is 31.1 Å². The minimum Gasteiger partial charge on any atom is -0.392 e. The molecule has 0 spiro atoms. The Morgan fingerprint density at radius 1 is 1.29 bits per heavy atom. The molecule has 0 aliphatic carbocycles. The predicted molar refractivity (Wildman–Crippen MR) is 81.4 cm³/mol. The van der Waals surface area contributed by atoms with Crippen molar-refractivity contribution in [1.82, 2.24) is 14.7 Å². The summed E-state index contributed by atoms with van der Waals surface area (Å²) in [7, 11) is 0. The van der Waals surface area contributed by atoms with Crippen molar-refractivity contribution in [3.8, 4) is 5.69 Å². The van der Waals surface area contributed by atoms with Crippen molar-refractivity contribution in [3.63, 3.8) is 0 Å². The normalized spacial score (nSPS) is 12.4. The number of hydrogen-bond donors (Lipinski definition) is 1. The van der Waals surface area contributed by atoms with E-state index in [-0.39, 0.29) is 11.9 Å². The number of nitrogens with zero attached hydrogens (tertiary/aromatic N) is 3. The molecule has 1 N–H and O–H groups in total. The Labute approximate surface area is 124 Å². The molecular formula is C16H21N3O2. The first-order valence-corrected chi connectivity index (χ1v) is 7.08. The van der Waals surface area contributed by atoms with E-state index in [0.717, 1.165) is 5.69 Å². The molecule has 1 aromatic carbocycles. The second-order valence-corrected chi connectivity index (χ2v) is 5.40. The lowest BCUT2D eigenvalue weighted by molar-refractivity contribution is 0.0579. The van der Waals surface area contributed by atoms with Crippen LogP contribution in [-0.2, 0) is 0 Å². The highest BCUT2D eigenvalue weighted by molar-refractivity contribution is 5.94. The topological polar surface area (TPSA) is 58.4 Å². The molecule has 0 fully saturated rings. The lowest BCUT2D eigenvalue weighted by atomic mass is 10.1. The van der Waals surface area contributed by atoms with Gasteiger partial charge in [0.1, 0.15) is 0 Å². The first-order chi connectivity index (χ1) is 9.99. The smallest absolute Gasteiger partial charge is 0.254 e. The van der Waals surface area contributed by atoms with Gasteiger partial charge in [-0.1, -0.05) is 0 Å². The van der Waals surface area contributed by atoms with E-state index in [4.69, 9.17) is 0 Å². The third-order valence-electron chi connectivity index (χ3n) is 3.23. The monoisotopic (exact) mass is 287 g/mol. The second-order valence-electron chi connectivity index (χ2n) is 5.40. The van der Waals surface area contributed by atoms with E-state index in [1.165, 1.54) is 0 Å². The summed E-state index contributed by atoms with van der Waals surface area (Å²) < 4.78 is 1.74. The third kappa shape index (κ3) is 3.70. The Balaban J connectivity index is 2.18. The van der Waals surface area contributed by atoms with Crippen molar-refractivity contribution in [2.75, 3.05) is 6.54 Å². The van der Waals surface area contributed by atoms with Crippen LogP contribution < -0.4 is 0 Å². The van der Waals surface area contributed by atoms with Crippen LogP contribution in [0, 0.1) is 0 Å². The number of aliphatic hydroxyl groups excluding tert-OH is 1. The standard InChI is InChI=1S/C16H21N3O2/c1-12(2)18(11-13(3)20)16(21)14-5-7-15(8-6-14)19-10-4-9-17-19/h4-10,12-13,20H,11H2,1-3H3. The van der Waals surface area contributed by atoms with E-state index in [1.54, 1.807) is 34.8 Å². The fourth-order valence-electron chi connectivity index (χ4n) is 2.16. The SMILES string of the molecule is CC(O)CN(C(=O)c1ccc(-n2cccn2)cc1)C(C)C. The molecule has 0 radical (unpaired) electrons. The summed E-state index contributed by atoms with van der Waals surface area (Å²) >= 11 is 0. The van der Waals surface area contributed by atoms with Crippen molar-refractivity contribution >= 4 is 5.91 Å². The minimum absolute atomic E-state index is 0.0397. The van der Waals surface area contributed by atoms with Gasteiger partial charge >= 0.3 is 0 Å². The molecule has 0 bridgehead atoms. The number of hydrogen-bond acceptors (Lipinski definition) is 3. The number of carbonyl (C=O) groups excluding carboxylic acids is 1. The number of aromatic nitrogens is 2. The molecule has 21 heavy (non-hydrogen) atoms. The maximum Gasteiger partial charge on any atom is 0.254 e. The predicted octanol–water partition coefficient (Wildman–Crippen LogP) is 2.10. The van der Waals surface area contributed by atoms with Crippen LogP contribution in [0.4, 0.5) is 0 Å². The molecule has 5 heteroatoms. The van der Waals surface area contributed by atoms with Crippen molar-refractivity contribution in [2.24, 2.45) is 0 Å². The summed E-state index contributed by atoms with van der Waals surface area (Å²) in [6.07, 6.45) is 3.02. The lowest BCUT2D eigenvalue weighted by Gasteiger charge is -2.28. The van der Waals surface area contributed by atoms with Crippen LogP contribution in [0.2, 0.25) is 0 Å². The van der Waals surface area contributed by atoms with Crippen molar-refractivity contribution in [1.29, 1.82) is 0 Å². The molecule has 1 atom stereocenters. The number of amides is 1. The van der Waals surface area contributed by atoms with Crippen LogP contribution in [0.15, 0.2) is 42.7 Å². The van der Waals surface area contributed by atoms with E-state index in [9.17, 15) is 9.90 Å². The molecule has 1 aromatic heterocycles. The Kier molecular flexibility index (Phi) is 4.75. The van der Waals surface area contributed by atoms with Crippen molar-refractivity contribution < 1.29 is 9.90 Å². The Morgan fingerprint density at radius 2 is 1.95 bits per heavy atom. The molecule has 5 nitrogen and oxygen atoms in total. The zero-order valence-electron chi connectivity index (χ0n) is 12.6. The maximum atomic E-state index is 12.5.